The van der Waals surface area contributed by atoms with E-state index in [1.807, 2.05) is 78.7 Å². The summed E-state index contributed by atoms with van der Waals surface area (Å²) in [6, 6.07) is 6.71. The number of hydrogen-bond donors (Lipinski definition) is 2. The van der Waals surface area contributed by atoms with Gasteiger partial charge in [0.25, 0.3) is 0 Å². The Morgan fingerprint density at radius 2 is 1.22 bits per heavy atom. The largest absolute Gasteiger partial charge is 0.534 e. The van der Waals surface area contributed by atoms with Gasteiger partial charge in [-0.25, -0.2) is 15.0 Å². The van der Waals surface area contributed by atoms with Crippen LogP contribution in [0.1, 0.15) is 35.1 Å². The molecule has 0 aliphatic carbocycles. The second kappa shape index (κ2) is 16.1. The molecular formula is C38H42BF3N10O7S. The van der Waals surface area contributed by atoms with Gasteiger partial charge in [0.05, 0.1) is 73.1 Å². The van der Waals surface area contributed by atoms with Gasteiger partial charge in [-0.3, -0.25) is 14.3 Å². The molecule has 8 aromatic rings. The fourth-order valence-corrected chi connectivity index (χ4v) is 6.38. The van der Waals surface area contributed by atoms with Gasteiger partial charge in [0, 0.05) is 71.3 Å². The van der Waals surface area contributed by atoms with Crippen molar-refractivity contribution in [3.8, 4) is 28.6 Å². The van der Waals surface area contributed by atoms with Crippen LogP contribution in [-0.2, 0) is 33.5 Å². The normalized spacial score (nSPS) is 14.7. The van der Waals surface area contributed by atoms with Gasteiger partial charge in [0.1, 0.15) is 22.8 Å². The SMILES string of the molecule is C.COc1cnc2[nH]c3cnc(-c4cnn(C)c4)cc3c2c1.COc1cnc2[nH]c3cnc(OS(=O)(=O)C(F)(F)F)cc3c2c1.Cn1cc(B2OC(C)(C)C(C)(C)O2)cn1. The molecule has 1 aliphatic heterocycles. The number of methoxy groups -OCH3 is 2. The number of aromatic amines is 2. The van der Waals surface area contributed by atoms with E-state index in [9.17, 15) is 21.6 Å². The topological polar surface area (TPSA) is 199 Å². The fourth-order valence-electron chi connectivity index (χ4n) is 5.97. The van der Waals surface area contributed by atoms with Crippen LogP contribution in [0.3, 0.4) is 0 Å². The van der Waals surface area contributed by atoms with E-state index in [2.05, 4.69) is 44.3 Å². The van der Waals surface area contributed by atoms with Crippen LogP contribution in [-0.4, -0.2) is 95.9 Å². The first-order chi connectivity index (χ1) is 27.8. The lowest BCUT2D eigenvalue weighted by atomic mass is 9.82. The molecule has 0 spiro atoms. The summed E-state index contributed by atoms with van der Waals surface area (Å²) in [5, 5.41) is 11.3. The lowest BCUT2D eigenvalue weighted by Crippen LogP contribution is -2.41. The summed E-state index contributed by atoms with van der Waals surface area (Å²) in [4.78, 5) is 22.6. The van der Waals surface area contributed by atoms with Gasteiger partial charge >= 0.3 is 22.7 Å². The van der Waals surface area contributed by atoms with Crippen LogP contribution >= 0.6 is 0 Å². The average Bonchev–Trinajstić information content (AvgIpc) is 4.01. The summed E-state index contributed by atoms with van der Waals surface area (Å²) in [6.07, 6.45) is 13.6. The van der Waals surface area contributed by atoms with Crippen molar-refractivity contribution in [2.75, 3.05) is 14.2 Å². The third kappa shape index (κ3) is 8.56. The number of halogens is 3. The molecule has 22 heteroatoms. The maximum atomic E-state index is 12.4. The monoisotopic (exact) mass is 850 g/mol. The number of H-pyrrole nitrogens is 2. The highest BCUT2D eigenvalue weighted by atomic mass is 32.2. The van der Waals surface area contributed by atoms with Gasteiger partial charge in [-0.05, 0) is 45.9 Å². The smallest absolute Gasteiger partial charge is 0.495 e. The lowest BCUT2D eigenvalue weighted by molar-refractivity contribution is -0.0501. The van der Waals surface area contributed by atoms with Crippen molar-refractivity contribution >= 4 is 66.6 Å². The molecule has 2 N–H and O–H groups in total. The molecule has 0 unspecified atom stereocenters. The van der Waals surface area contributed by atoms with Crippen molar-refractivity contribution in [2.24, 2.45) is 14.1 Å². The van der Waals surface area contributed by atoms with E-state index >= 15 is 0 Å². The minimum absolute atomic E-state index is 0. The molecule has 1 saturated heterocycles. The number of fused-ring (bicyclic) bond motifs is 6. The number of aryl methyl sites for hydroxylation is 2. The van der Waals surface area contributed by atoms with E-state index < -0.39 is 21.5 Å². The summed E-state index contributed by atoms with van der Waals surface area (Å²) >= 11 is 0. The number of nitrogens with zero attached hydrogens (tertiary/aromatic N) is 8. The second-order valence-corrected chi connectivity index (χ2v) is 15.9. The Bertz CT molecular complexity index is 2910. The molecule has 17 nitrogen and oxygen atoms in total. The van der Waals surface area contributed by atoms with Crippen molar-refractivity contribution in [1.82, 2.24) is 49.5 Å². The Kier molecular flexibility index (Phi) is 11.6. The predicted molar refractivity (Wildman–Crippen MR) is 219 cm³/mol. The molecule has 0 radical (unpaired) electrons. The van der Waals surface area contributed by atoms with Crippen molar-refractivity contribution < 1.29 is 44.6 Å². The summed E-state index contributed by atoms with van der Waals surface area (Å²) in [5.74, 6) is 0.474. The van der Waals surface area contributed by atoms with Gasteiger partial charge in [-0.2, -0.15) is 31.8 Å². The van der Waals surface area contributed by atoms with E-state index in [0.29, 0.717) is 27.7 Å². The Morgan fingerprint density at radius 3 is 1.70 bits per heavy atom. The average molecular weight is 851 g/mol. The van der Waals surface area contributed by atoms with Gasteiger partial charge in [0.15, 0.2) is 0 Å². The third-order valence-electron chi connectivity index (χ3n) is 9.80. The first-order valence-corrected chi connectivity index (χ1v) is 19.1. The number of alkyl halides is 3. The molecule has 0 saturated carbocycles. The quantitative estimate of drug-likeness (QED) is 0.109. The van der Waals surface area contributed by atoms with Crippen LogP contribution in [0.4, 0.5) is 13.2 Å². The van der Waals surface area contributed by atoms with E-state index in [0.717, 1.165) is 56.7 Å². The van der Waals surface area contributed by atoms with E-state index in [4.69, 9.17) is 18.8 Å². The second-order valence-electron chi connectivity index (χ2n) is 14.4. The molecule has 9 heterocycles. The molecule has 1 aliphatic rings. The number of hydrogen-bond acceptors (Lipinski definition) is 13. The summed E-state index contributed by atoms with van der Waals surface area (Å²) in [6.45, 7) is 8.18. The zero-order valence-electron chi connectivity index (χ0n) is 33.0. The minimum atomic E-state index is -5.78. The molecule has 60 heavy (non-hydrogen) atoms. The zero-order chi connectivity index (χ0) is 42.5. The van der Waals surface area contributed by atoms with Gasteiger partial charge in [0.2, 0.25) is 5.88 Å². The van der Waals surface area contributed by atoms with Crippen molar-refractivity contribution in [3.05, 3.63) is 73.8 Å². The van der Waals surface area contributed by atoms with Crippen LogP contribution < -0.4 is 19.1 Å². The molecule has 316 valence electrons. The molecule has 8 aromatic heterocycles. The maximum Gasteiger partial charge on any atom is 0.534 e. The molecular weight excluding hydrogens is 808 g/mol. The molecule has 0 bridgehead atoms. The van der Waals surface area contributed by atoms with Crippen LogP contribution in [0.5, 0.6) is 17.4 Å². The highest BCUT2D eigenvalue weighted by Gasteiger charge is 2.52. The first kappa shape index (κ1) is 43.3. The van der Waals surface area contributed by atoms with Crippen LogP contribution in [0, 0.1) is 0 Å². The van der Waals surface area contributed by atoms with Gasteiger partial charge in [-0.15, -0.1) is 0 Å². The van der Waals surface area contributed by atoms with Crippen LogP contribution in [0.15, 0.2) is 73.8 Å². The summed E-state index contributed by atoms with van der Waals surface area (Å²) in [5.41, 5.74) is -0.569. The maximum absolute atomic E-state index is 12.4. The minimum Gasteiger partial charge on any atom is -0.495 e. The molecule has 0 atom stereocenters. The Morgan fingerprint density at radius 1 is 0.700 bits per heavy atom. The van der Waals surface area contributed by atoms with Crippen LogP contribution in [0.25, 0.3) is 55.1 Å². The zero-order valence-corrected chi connectivity index (χ0v) is 33.8. The molecule has 0 aromatic carbocycles. The fraction of sp³-hybridized carbons (Fsp3) is 0.316. The predicted octanol–water partition coefficient (Wildman–Crippen LogP) is 6.22. The lowest BCUT2D eigenvalue weighted by Gasteiger charge is -2.32. The molecule has 0 amide bonds. The standard InChI is InChI=1S/C15H13N5O.C12H8F3N3O4S.C10H17BN2O2.CH4/c1-20-8-9(5-18-20)13-4-11-12-3-10(21-2)6-17-15(12)19-14(11)7-16-13;1-21-6-2-8-7-3-10(22-23(19,20)12(13,14)15)16-5-9(7)18-11(8)17-4-6;1-9(2)10(3,4)15-11(14-9)8-6-12-13(5)7-8;/h3-8H,1-2H3,(H,17,19);2-5H,1H3,(H,17,18);6-7H,1-5H3;1H4. The number of rotatable bonds is 6. The highest BCUT2D eigenvalue weighted by Crippen LogP contribution is 2.37. The summed E-state index contributed by atoms with van der Waals surface area (Å²) in [7, 11) is 0.765. The summed E-state index contributed by atoms with van der Waals surface area (Å²) < 4.78 is 88.7. The van der Waals surface area contributed by atoms with E-state index in [1.54, 1.807) is 34.9 Å². The molecule has 1 fully saturated rings. The van der Waals surface area contributed by atoms with Gasteiger partial charge < -0.3 is 32.9 Å². The first-order valence-electron chi connectivity index (χ1n) is 17.7. The Balaban J connectivity index is 0.000000153. The van der Waals surface area contributed by atoms with Crippen molar-refractivity contribution in [2.45, 2.75) is 51.8 Å². The number of nitrogens with one attached hydrogen (secondary N) is 2. The van der Waals surface area contributed by atoms with E-state index in [-0.39, 0.29) is 25.7 Å². The van der Waals surface area contributed by atoms with Crippen molar-refractivity contribution in [1.29, 1.82) is 0 Å². The Hall–Kier alpha value is -6.26. The van der Waals surface area contributed by atoms with E-state index in [1.165, 1.54) is 13.3 Å². The Labute approximate surface area is 342 Å². The molecule has 9 rings (SSSR count). The number of aromatic nitrogens is 10. The number of pyridine rings is 4. The van der Waals surface area contributed by atoms with Gasteiger partial charge in [-0.1, -0.05) is 7.43 Å². The highest BCUT2D eigenvalue weighted by molar-refractivity contribution is 7.87. The van der Waals surface area contributed by atoms with Crippen LogP contribution in [0.2, 0.25) is 0 Å². The third-order valence-corrected chi connectivity index (χ3v) is 10.8. The number of ether oxygens (including phenoxy) is 2. The van der Waals surface area contributed by atoms with Crippen molar-refractivity contribution in [3.63, 3.8) is 0 Å².